The maximum Gasteiger partial charge on any atom is 0.250 e. The number of benzene rings is 1. The Kier molecular flexibility index (Phi) is 8.38. The van der Waals surface area contributed by atoms with E-state index in [1.165, 1.54) is 15.6 Å². The maximum atomic E-state index is 12.7. The Labute approximate surface area is 216 Å². The fourth-order valence-electron chi connectivity index (χ4n) is 4.55. The number of thiophene rings is 1. The van der Waals surface area contributed by atoms with Crippen LogP contribution in [0, 0.1) is 0 Å². The third kappa shape index (κ3) is 6.12. The Bertz CT molecular complexity index is 1220. The summed E-state index contributed by atoms with van der Waals surface area (Å²) < 4.78 is 7.08. The van der Waals surface area contributed by atoms with Gasteiger partial charge in [0, 0.05) is 34.7 Å². The minimum atomic E-state index is -0.571. The number of rotatable bonds is 10. The van der Waals surface area contributed by atoms with Gasteiger partial charge in [0.05, 0.1) is 0 Å². The van der Waals surface area contributed by atoms with Gasteiger partial charge in [-0.1, -0.05) is 44.7 Å². The lowest BCUT2D eigenvalue weighted by Crippen LogP contribution is -2.52. The molecule has 2 aliphatic heterocycles. The minimum absolute atomic E-state index is 0.161. The molecule has 8 heteroatoms. The smallest absolute Gasteiger partial charge is 0.250 e. The molecule has 3 heterocycles. The van der Waals surface area contributed by atoms with Gasteiger partial charge in [0.25, 0.3) is 5.91 Å². The zero-order valence-corrected chi connectivity index (χ0v) is 21.7. The number of amides is 3. The van der Waals surface area contributed by atoms with E-state index in [1.54, 1.807) is 34.5 Å². The number of hydrogen-bond acceptors (Lipinski definition) is 6. The summed E-state index contributed by atoms with van der Waals surface area (Å²) in [5.41, 5.74) is 1.95. The highest BCUT2D eigenvalue weighted by atomic mass is 32.1. The van der Waals surface area contributed by atoms with E-state index >= 15 is 0 Å². The number of piperidine rings is 1. The molecule has 2 aliphatic rings. The fourth-order valence-corrected chi connectivity index (χ4v) is 5.60. The average molecular weight is 508 g/mol. The second kappa shape index (κ2) is 11.7. The van der Waals surface area contributed by atoms with Crippen molar-refractivity contribution in [1.29, 1.82) is 0 Å². The first kappa shape index (κ1) is 25.9. The number of hydrogen-bond donors (Lipinski definition) is 1. The summed E-state index contributed by atoms with van der Waals surface area (Å²) in [5, 5.41) is 3.53. The molecule has 3 amide bonds. The van der Waals surface area contributed by atoms with Crippen LogP contribution in [0.3, 0.4) is 0 Å². The Morgan fingerprint density at radius 3 is 2.78 bits per heavy atom. The Morgan fingerprint density at radius 1 is 1.22 bits per heavy atom. The molecule has 0 radical (unpaired) electrons. The first-order valence-corrected chi connectivity index (χ1v) is 13.3. The average Bonchev–Trinajstić information content (AvgIpc) is 3.44. The summed E-state index contributed by atoms with van der Waals surface area (Å²) in [6.45, 7) is 12.3. The predicted octanol–water partition coefficient (Wildman–Crippen LogP) is 4.29. The van der Waals surface area contributed by atoms with Gasteiger partial charge in [0.1, 0.15) is 18.4 Å². The van der Waals surface area contributed by atoms with Crippen molar-refractivity contribution in [2.24, 2.45) is 0 Å². The van der Waals surface area contributed by atoms with Crippen LogP contribution in [0.2, 0.25) is 0 Å². The van der Waals surface area contributed by atoms with E-state index in [4.69, 9.17) is 4.74 Å². The largest absolute Gasteiger partial charge is 0.489 e. The van der Waals surface area contributed by atoms with Gasteiger partial charge in [-0.15, -0.1) is 11.3 Å². The molecule has 7 nitrogen and oxygen atoms in total. The molecule has 2 aromatic rings. The molecule has 0 spiro atoms. The highest BCUT2D eigenvalue weighted by Crippen LogP contribution is 2.28. The van der Waals surface area contributed by atoms with Crippen molar-refractivity contribution < 1.29 is 19.1 Å². The number of nitrogens with zero attached hydrogens (tertiary/aromatic N) is 2. The molecule has 2 fully saturated rings. The highest BCUT2D eigenvalue weighted by molar-refractivity contribution is 7.19. The molecule has 1 aromatic heterocycles. The second-order valence-corrected chi connectivity index (χ2v) is 10.2. The molecule has 190 valence electrons. The molecule has 36 heavy (non-hydrogen) atoms. The van der Waals surface area contributed by atoms with E-state index in [1.807, 2.05) is 0 Å². The van der Waals surface area contributed by atoms with Crippen molar-refractivity contribution in [3.05, 3.63) is 70.8 Å². The van der Waals surface area contributed by atoms with E-state index < -0.39 is 6.04 Å². The van der Waals surface area contributed by atoms with Crippen LogP contribution in [0.15, 0.2) is 60.4 Å². The van der Waals surface area contributed by atoms with Crippen LogP contribution in [-0.4, -0.2) is 53.2 Å². The number of ether oxygens (including phenoxy) is 1. The van der Waals surface area contributed by atoms with Gasteiger partial charge < -0.3 is 9.64 Å². The standard InChI is InChI=1S/C28H33N3O4S/c1-4-30(5-2)17-20-9-10-22-16-23(36-25(22)15-20)18-35-19(3)7-6-8-21-13-14-31(28(21)34)24-11-12-26(32)29-27(24)33/h6-10,15-16,24H,3-5,11-14,17-18H2,1-2H3,(H,29,32,33)/b7-6-,21-8+. The van der Waals surface area contributed by atoms with Gasteiger partial charge in [-0.05, 0) is 55.1 Å². The SMILES string of the molecule is C=C(/C=C\C=C1/CCN(C2CCC(=O)NC2=O)C1=O)OCc1cc2ccc(CN(CC)CC)cc2s1. The number of allylic oxidation sites excluding steroid dienone is 3. The predicted molar refractivity (Wildman–Crippen MR) is 142 cm³/mol. The zero-order valence-electron chi connectivity index (χ0n) is 20.9. The Balaban J connectivity index is 1.29. The van der Waals surface area contributed by atoms with E-state index in [2.05, 4.69) is 54.9 Å². The van der Waals surface area contributed by atoms with Crippen LogP contribution in [0.1, 0.15) is 43.6 Å². The third-order valence-electron chi connectivity index (χ3n) is 6.66. The van der Waals surface area contributed by atoms with Gasteiger partial charge in [0.15, 0.2) is 0 Å². The molecule has 0 saturated carbocycles. The van der Waals surface area contributed by atoms with E-state index in [0.717, 1.165) is 24.5 Å². The van der Waals surface area contributed by atoms with Crippen molar-refractivity contribution in [3.63, 3.8) is 0 Å². The Hall–Kier alpha value is -3.23. The van der Waals surface area contributed by atoms with Crippen LogP contribution in [-0.2, 0) is 32.3 Å². The summed E-state index contributed by atoms with van der Waals surface area (Å²) in [6, 6.07) is 8.21. The number of likely N-dealkylation sites (tertiary alicyclic amines) is 1. The van der Waals surface area contributed by atoms with Crippen molar-refractivity contribution in [2.75, 3.05) is 19.6 Å². The van der Waals surface area contributed by atoms with Crippen molar-refractivity contribution >= 4 is 39.1 Å². The molecule has 1 atom stereocenters. The zero-order chi connectivity index (χ0) is 25.7. The van der Waals surface area contributed by atoms with Crippen LogP contribution >= 0.6 is 11.3 Å². The number of carbonyl (C=O) groups excluding carboxylic acids is 3. The fraction of sp³-hybridized carbons (Fsp3) is 0.393. The minimum Gasteiger partial charge on any atom is -0.489 e. The maximum absolute atomic E-state index is 12.7. The lowest BCUT2D eigenvalue weighted by Gasteiger charge is -2.29. The van der Waals surface area contributed by atoms with E-state index in [-0.39, 0.29) is 24.1 Å². The lowest BCUT2D eigenvalue weighted by molar-refractivity contribution is -0.142. The molecule has 1 unspecified atom stereocenters. The molecule has 1 N–H and O–H groups in total. The summed E-state index contributed by atoms with van der Waals surface area (Å²) in [4.78, 5) is 41.3. The summed E-state index contributed by atoms with van der Waals surface area (Å²) >= 11 is 1.73. The van der Waals surface area contributed by atoms with Crippen molar-refractivity contribution in [2.45, 2.75) is 52.3 Å². The van der Waals surface area contributed by atoms with E-state index in [0.29, 0.717) is 37.3 Å². The first-order valence-electron chi connectivity index (χ1n) is 12.4. The third-order valence-corrected chi connectivity index (χ3v) is 7.73. The van der Waals surface area contributed by atoms with Crippen molar-refractivity contribution in [3.8, 4) is 0 Å². The topological polar surface area (TPSA) is 79.0 Å². The monoisotopic (exact) mass is 507 g/mol. The molecule has 2 saturated heterocycles. The number of fused-ring (bicyclic) bond motifs is 1. The number of imide groups is 1. The van der Waals surface area contributed by atoms with Gasteiger partial charge >= 0.3 is 0 Å². The molecule has 1 aromatic carbocycles. The molecular weight excluding hydrogens is 474 g/mol. The molecule has 4 rings (SSSR count). The van der Waals surface area contributed by atoms with Crippen molar-refractivity contribution in [1.82, 2.24) is 15.1 Å². The highest BCUT2D eigenvalue weighted by Gasteiger charge is 2.38. The Morgan fingerprint density at radius 2 is 2.03 bits per heavy atom. The van der Waals surface area contributed by atoms with Crippen LogP contribution in [0.4, 0.5) is 0 Å². The van der Waals surface area contributed by atoms with E-state index in [9.17, 15) is 14.4 Å². The quantitative estimate of drug-likeness (QED) is 0.225. The van der Waals surface area contributed by atoms with Crippen LogP contribution in [0.25, 0.3) is 10.1 Å². The number of carbonyl (C=O) groups is 3. The number of nitrogens with one attached hydrogen (secondary N) is 1. The molecule has 0 aliphatic carbocycles. The van der Waals surface area contributed by atoms with Gasteiger partial charge in [-0.3, -0.25) is 24.6 Å². The first-order chi connectivity index (χ1) is 17.4. The van der Waals surface area contributed by atoms with Gasteiger partial charge in [-0.2, -0.15) is 0 Å². The second-order valence-electron chi connectivity index (χ2n) is 9.07. The summed E-state index contributed by atoms with van der Waals surface area (Å²) in [5.74, 6) is -0.319. The van der Waals surface area contributed by atoms with Crippen LogP contribution in [0.5, 0.6) is 0 Å². The summed E-state index contributed by atoms with van der Waals surface area (Å²) in [7, 11) is 0. The van der Waals surface area contributed by atoms with Crippen LogP contribution < -0.4 is 5.32 Å². The van der Waals surface area contributed by atoms with Gasteiger partial charge in [-0.25, -0.2) is 0 Å². The molecule has 0 bridgehead atoms. The van der Waals surface area contributed by atoms with Gasteiger partial charge in [0.2, 0.25) is 11.8 Å². The molecular formula is C28H33N3O4S. The normalized spacial score (nSPS) is 19.8. The summed E-state index contributed by atoms with van der Waals surface area (Å²) in [6.07, 6.45) is 6.44. The lowest BCUT2D eigenvalue weighted by atomic mass is 10.0.